The van der Waals surface area contributed by atoms with Gasteiger partial charge in [-0.25, -0.2) is 0 Å². The van der Waals surface area contributed by atoms with Gasteiger partial charge in [0.1, 0.15) is 0 Å². The summed E-state index contributed by atoms with van der Waals surface area (Å²) < 4.78 is 10.6. The Hall–Kier alpha value is -1.73. The predicted molar refractivity (Wildman–Crippen MR) is 80.0 cm³/mol. The van der Waals surface area contributed by atoms with Gasteiger partial charge in [-0.05, 0) is 43.0 Å². The second-order valence-corrected chi connectivity index (χ2v) is 5.20. The summed E-state index contributed by atoms with van der Waals surface area (Å²) in [5, 5.41) is 9.75. The number of hydrogen-bond acceptors (Lipinski definition) is 4. The second-order valence-electron chi connectivity index (χ2n) is 5.20. The molecule has 0 heterocycles. The molecule has 0 saturated heterocycles. The zero-order valence-electron chi connectivity index (χ0n) is 12.8. The summed E-state index contributed by atoms with van der Waals surface area (Å²) in [5.74, 6) is 1.51. The van der Waals surface area contributed by atoms with E-state index in [1.165, 1.54) is 0 Å². The number of ether oxygens (including phenoxy) is 2. The summed E-state index contributed by atoms with van der Waals surface area (Å²) in [4.78, 5) is 0. The summed E-state index contributed by atoms with van der Waals surface area (Å²) in [5.41, 5.74) is 6.03. The van der Waals surface area contributed by atoms with Crippen molar-refractivity contribution in [3.05, 3.63) is 23.8 Å². The van der Waals surface area contributed by atoms with E-state index >= 15 is 0 Å². The highest BCUT2D eigenvalue weighted by atomic mass is 16.5. The topological polar surface area (TPSA) is 68.3 Å². The van der Waals surface area contributed by atoms with Gasteiger partial charge in [0.2, 0.25) is 0 Å². The molecule has 0 radical (unpaired) electrons. The Bertz CT molecular complexity index is 480. The lowest BCUT2D eigenvalue weighted by molar-refractivity contribution is 0.343. The van der Waals surface area contributed by atoms with Crippen LogP contribution in [0.1, 0.15) is 32.3 Å². The van der Waals surface area contributed by atoms with Gasteiger partial charge in [-0.15, -0.1) is 0 Å². The maximum absolute atomic E-state index is 9.75. The minimum Gasteiger partial charge on any atom is -0.493 e. The second kappa shape index (κ2) is 7.16. The number of hydrogen-bond donors (Lipinski definition) is 1. The lowest BCUT2D eigenvalue weighted by Crippen LogP contribution is -2.31. The molecular weight excluding hydrogens is 252 g/mol. The predicted octanol–water partition coefficient (Wildman–Crippen LogP) is 2.86. The van der Waals surface area contributed by atoms with E-state index in [0.717, 1.165) is 18.4 Å². The van der Waals surface area contributed by atoms with Crippen molar-refractivity contribution in [2.75, 3.05) is 20.8 Å². The van der Waals surface area contributed by atoms with Gasteiger partial charge < -0.3 is 15.2 Å². The summed E-state index contributed by atoms with van der Waals surface area (Å²) in [6, 6.07) is 8.20. The Morgan fingerprint density at radius 2 is 1.90 bits per heavy atom. The van der Waals surface area contributed by atoms with Crippen LogP contribution in [0.25, 0.3) is 0 Å². The SMILES string of the molecule is COc1ccc(C(C#N)(CCCN)C(C)C)cc1OC. The van der Waals surface area contributed by atoms with E-state index in [1.807, 2.05) is 18.2 Å². The molecule has 110 valence electrons. The van der Waals surface area contributed by atoms with Gasteiger partial charge >= 0.3 is 0 Å². The zero-order chi connectivity index (χ0) is 15.2. The van der Waals surface area contributed by atoms with E-state index in [9.17, 15) is 5.26 Å². The monoisotopic (exact) mass is 276 g/mol. The van der Waals surface area contributed by atoms with Crippen LogP contribution in [0.15, 0.2) is 18.2 Å². The molecule has 0 bridgehead atoms. The van der Waals surface area contributed by atoms with Crippen molar-refractivity contribution >= 4 is 0 Å². The minimum atomic E-state index is -0.543. The molecule has 0 aromatic heterocycles. The average Bonchev–Trinajstić information content (AvgIpc) is 2.47. The van der Waals surface area contributed by atoms with Crippen molar-refractivity contribution in [1.29, 1.82) is 5.26 Å². The first-order valence-electron chi connectivity index (χ1n) is 6.89. The minimum absolute atomic E-state index is 0.192. The fourth-order valence-electron chi connectivity index (χ4n) is 2.51. The molecule has 0 fully saturated rings. The fourth-order valence-corrected chi connectivity index (χ4v) is 2.51. The van der Waals surface area contributed by atoms with Gasteiger partial charge in [-0.2, -0.15) is 5.26 Å². The smallest absolute Gasteiger partial charge is 0.161 e. The number of nitriles is 1. The molecule has 2 N–H and O–H groups in total. The van der Waals surface area contributed by atoms with Crippen LogP contribution in [0.3, 0.4) is 0 Å². The van der Waals surface area contributed by atoms with Gasteiger partial charge in [-0.1, -0.05) is 19.9 Å². The number of nitrogens with zero attached hydrogens (tertiary/aromatic N) is 1. The molecule has 1 rings (SSSR count). The molecule has 0 amide bonds. The number of nitrogens with two attached hydrogens (primary N) is 1. The van der Waals surface area contributed by atoms with Crippen LogP contribution in [0.5, 0.6) is 11.5 Å². The van der Waals surface area contributed by atoms with E-state index in [2.05, 4.69) is 19.9 Å². The molecule has 0 aliphatic rings. The highest BCUT2D eigenvalue weighted by Gasteiger charge is 2.36. The Morgan fingerprint density at radius 1 is 1.25 bits per heavy atom. The van der Waals surface area contributed by atoms with Crippen molar-refractivity contribution < 1.29 is 9.47 Å². The third-order valence-corrected chi connectivity index (χ3v) is 3.86. The number of rotatable bonds is 7. The van der Waals surface area contributed by atoms with Gasteiger partial charge in [0.15, 0.2) is 11.5 Å². The van der Waals surface area contributed by atoms with Crippen LogP contribution >= 0.6 is 0 Å². The van der Waals surface area contributed by atoms with Crippen LogP contribution in [-0.2, 0) is 5.41 Å². The third kappa shape index (κ3) is 3.05. The van der Waals surface area contributed by atoms with Crippen molar-refractivity contribution in [3.63, 3.8) is 0 Å². The van der Waals surface area contributed by atoms with E-state index in [4.69, 9.17) is 15.2 Å². The Balaban J connectivity index is 3.31. The van der Waals surface area contributed by atoms with Crippen LogP contribution < -0.4 is 15.2 Å². The van der Waals surface area contributed by atoms with Crippen LogP contribution in [0.4, 0.5) is 0 Å². The van der Waals surface area contributed by atoms with Gasteiger partial charge in [0.05, 0.1) is 25.7 Å². The van der Waals surface area contributed by atoms with Gasteiger partial charge in [0, 0.05) is 0 Å². The highest BCUT2D eigenvalue weighted by Crippen LogP contribution is 2.40. The van der Waals surface area contributed by atoms with Crippen LogP contribution in [0, 0.1) is 17.2 Å². The van der Waals surface area contributed by atoms with Gasteiger partial charge in [-0.3, -0.25) is 0 Å². The Morgan fingerprint density at radius 3 is 2.35 bits per heavy atom. The van der Waals surface area contributed by atoms with Crippen molar-refractivity contribution in [2.24, 2.45) is 11.7 Å². The molecule has 0 spiro atoms. The molecule has 1 unspecified atom stereocenters. The molecule has 1 aromatic rings. The molecule has 1 aromatic carbocycles. The van der Waals surface area contributed by atoms with Gasteiger partial charge in [0.25, 0.3) is 0 Å². The molecule has 20 heavy (non-hydrogen) atoms. The van der Waals surface area contributed by atoms with Crippen LogP contribution in [-0.4, -0.2) is 20.8 Å². The van der Waals surface area contributed by atoms with Crippen molar-refractivity contribution in [1.82, 2.24) is 0 Å². The molecule has 0 aliphatic carbocycles. The van der Waals surface area contributed by atoms with E-state index in [0.29, 0.717) is 18.0 Å². The molecule has 0 aliphatic heterocycles. The first-order chi connectivity index (χ1) is 9.55. The lowest BCUT2D eigenvalue weighted by atomic mass is 9.70. The Labute approximate surface area is 121 Å². The third-order valence-electron chi connectivity index (χ3n) is 3.86. The molecular formula is C16H24N2O2. The first-order valence-corrected chi connectivity index (χ1v) is 6.89. The molecule has 0 saturated carbocycles. The molecule has 1 atom stereocenters. The quantitative estimate of drug-likeness (QED) is 0.831. The lowest BCUT2D eigenvalue weighted by Gasteiger charge is -2.31. The normalized spacial score (nSPS) is 13.7. The van der Waals surface area contributed by atoms with Crippen molar-refractivity contribution in [2.45, 2.75) is 32.1 Å². The maximum atomic E-state index is 9.75. The summed E-state index contributed by atoms with van der Waals surface area (Å²) in [6.07, 6.45) is 1.56. The van der Waals surface area contributed by atoms with E-state index in [1.54, 1.807) is 14.2 Å². The number of methoxy groups -OCH3 is 2. The van der Waals surface area contributed by atoms with Crippen LogP contribution in [0.2, 0.25) is 0 Å². The number of benzene rings is 1. The maximum Gasteiger partial charge on any atom is 0.161 e. The molecule has 4 heteroatoms. The summed E-state index contributed by atoms with van der Waals surface area (Å²) >= 11 is 0. The standard InChI is InChI=1S/C16H24N2O2/c1-12(2)16(11-18,8-5-9-17)13-6-7-14(19-3)15(10-13)20-4/h6-7,10,12H,5,8-9,17H2,1-4H3. The van der Waals surface area contributed by atoms with E-state index in [-0.39, 0.29) is 5.92 Å². The summed E-state index contributed by atoms with van der Waals surface area (Å²) in [7, 11) is 3.21. The van der Waals surface area contributed by atoms with Crippen molar-refractivity contribution in [3.8, 4) is 17.6 Å². The zero-order valence-corrected chi connectivity index (χ0v) is 12.8. The highest BCUT2D eigenvalue weighted by molar-refractivity contribution is 5.47. The fraction of sp³-hybridized carbons (Fsp3) is 0.562. The molecule has 4 nitrogen and oxygen atoms in total. The largest absolute Gasteiger partial charge is 0.493 e. The Kier molecular flexibility index (Phi) is 5.84. The summed E-state index contributed by atoms with van der Waals surface area (Å²) in [6.45, 7) is 4.72. The average molecular weight is 276 g/mol. The first kappa shape index (κ1) is 16.3. The van der Waals surface area contributed by atoms with E-state index < -0.39 is 5.41 Å².